The zero-order valence-corrected chi connectivity index (χ0v) is 15.7. The maximum atomic E-state index is 12.7. The Morgan fingerprint density at radius 3 is 2.67 bits per heavy atom. The van der Waals surface area contributed by atoms with Crippen LogP contribution in [0.15, 0.2) is 54.6 Å². The number of carbonyl (C=O) groups is 1. The van der Waals surface area contributed by atoms with E-state index in [4.69, 9.17) is 9.47 Å². The molecular weight excluding hydrogens is 362 g/mol. The summed E-state index contributed by atoms with van der Waals surface area (Å²) in [4.78, 5) is 16.0. The molecule has 0 unspecified atom stereocenters. The summed E-state index contributed by atoms with van der Waals surface area (Å²) in [5.74, 6) is 1.60. The predicted octanol–water partition coefficient (Wildman–Crippen LogP) is 4.16. The summed E-state index contributed by atoms with van der Waals surface area (Å²) < 4.78 is 11.2. The van der Waals surface area contributed by atoms with Crippen molar-refractivity contribution in [1.29, 1.82) is 0 Å². The highest BCUT2D eigenvalue weighted by atomic mass is 32.1. The van der Waals surface area contributed by atoms with Gasteiger partial charge in [0.2, 0.25) is 0 Å². The smallest absolute Gasteiger partial charge is 0.263 e. The van der Waals surface area contributed by atoms with E-state index in [2.05, 4.69) is 0 Å². The van der Waals surface area contributed by atoms with Gasteiger partial charge in [-0.3, -0.25) is 4.79 Å². The number of hydrogen-bond acceptors (Lipinski definition) is 5. The minimum Gasteiger partial charge on any atom is -0.508 e. The lowest BCUT2D eigenvalue weighted by Gasteiger charge is -2.18. The van der Waals surface area contributed by atoms with Crippen molar-refractivity contribution < 1.29 is 19.4 Å². The number of hydrogen-bond donors (Lipinski definition) is 1. The molecule has 2 aromatic carbocycles. The first-order valence-electron chi connectivity index (χ1n) is 8.64. The molecule has 4 rings (SSSR count). The molecule has 0 saturated heterocycles. The average molecular weight is 381 g/mol. The summed E-state index contributed by atoms with van der Waals surface area (Å²) in [6, 6.07) is 16.6. The van der Waals surface area contributed by atoms with Gasteiger partial charge in [-0.1, -0.05) is 18.2 Å². The van der Waals surface area contributed by atoms with Crippen molar-refractivity contribution in [3.8, 4) is 27.7 Å². The molecule has 0 atom stereocenters. The maximum Gasteiger partial charge on any atom is 0.263 e. The first-order valence-corrected chi connectivity index (χ1v) is 9.45. The number of ether oxygens (including phenoxy) is 2. The third-order valence-electron chi connectivity index (χ3n) is 4.39. The minimum atomic E-state index is -0.0768. The van der Waals surface area contributed by atoms with Gasteiger partial charge in [0, 0.05) is 24.0 Å². The number of nitrogens with zero attached hydrogens (tertiary/aromatic N) is 1. The zero-order chi connectivity index (χ0) is 18.8. The minimum absolute atomic E-state index is 0.0768. The molecule has 138 valence electrons. The van der Waals surface area contributed by atoms with Crippen molar-refractivity contribution in [3.05, 3.63) is 65.0 Å². The normalized spacial score (nSPS) is 12.6. The van der Waals surface area contributed by atoms with Crippen LogP contribution in [-0.4, -0.2) is 36.2 Å². The average Bonchev–Trinajstić information content (AvgIpc) is 3.19. The van der Waals surface area contributed by atoms with Crippen LogP contribution in [0.4, 0.5) is 0 Å². The molecule has 0 spiro atoms. The molecule has 0 radical (unpaired) electrons. The van der Waals surface area contributed by atoms with E-state index in [0.717, 1.165) is 27.5 Å². The van der Waals surface area contributed by atoms with E-state index in [9.17, 15) is 9.90 Å². The van der Waals surface area contributed by atoms with Gasteiger partial charge >= 0.3 is 0 Å². The van der Waals surface area contributed by atoms with Crippen molar-refractivity contribution in [1.82, 2.24) is 4.90 Å². The van der Waals surface area contributed by atoms with Gasteiger partial charge in [0.25, 0.3) is 5.91 Å². The molecule has 1 aliphatic rings. The lowest BCUT2D eigenvalue weighted by molar-refractivity contribution is 0.0789. The molecule has 1 aliphatic heterocycles. The number of fused-ring (bicyclic) bond motifs is 1. The SMILES string of the molecule is CN(Cc1ccccc1O)C(=O)c1ccc(-c2ccc3c(c2)OCCO3)s1. The fourth-order valence-corrected chi connectivity index (χ4v) is 3.96. The van der Waals surface area contributed by atoms with Crippen LogP contribution in [0.3, 0.4) is 0 Å². The monoisotopic (exact) mass is 381 g/mol. The Morgan fingerprint density at radius 2 is 1.85 bits per heavy atom. The Labute approximate surface area is 161 Å². The van der Waals surface area contributed by atoms with Gasteiger partial charge < -0.3 is 19.5 Å². The highest BCUT2D eigenvalue weighted by molar-refractivity contribution is 7.17. The number of benzene rings is 2. The third kappa shape index (κ3) is 3.61. The summed E-state index contributed by atoms with van der Waals surface area (Å²) in [5, 5.41) is 9.90. The lowest BCUT2D eigenvalue weighted by Crippen LogP contribution is -2.25. The molecule has 3 aromatic rings. The number of phenols is 1. The van der Waals surface area contributed by atoms with Crippen LogP contribution in [0.25, 0.3) is 10.4 Å². The summed E-state index contributed by atoms with van der Waals surface area (Å²) in [6.07, 6.45) is 0. The Kier molecular flexibility index (Phi) is 4.73. The summed E-state index contributed by atoms with van der Waals surface area (Å²) >= 11 is 1.44. The molecule has 27 heavy (non-hydrogen) atoms. The van der Waals surface area contributed by atoms with Crippen molar-refractivity contribution in [2.24, 2.45) is 0 Å². The van der Waals surface area contributed by atoms with Gasteiger partial charge in [-0.05, 0) is 42.0 Å². The fraction of sp³-hybridized carbons (Fsp3) is 0.190. The van der Waals surface area contributed by atoms with E-state index in [1.165, 1.54) is 11.3 Å². The van der Waals surface area contributed by atoms with E-state index in [1.807, 2.05) is 42.5 Å². The van der Waals surface area contributed by atoms with Gasteiger partial charge in [0.1, 0.15) is 19.0 Å². The van der Waals surface area contributed by atoms with Crippen LogP contribution in [0.5, 0.6) is 17.2 Å². The molecule has 6 heteroatoms. The van der Waals surface area contributed by atoms with E-state index in [-0.39, 0.29) is 11.7 Å². The fourth-order valence-electron chi connectivity index (χ4n) is 2.96. The van der Waals surface area contributed by atoms with Crippen molar-refractivity contribution >= 4 is 17.2 Å². The second-order valence-corrected chi connectivity index (χ2v) is 7.40. The van der Waals surface area contributed by atoms with Crippen LogP contribution in [0, 0.1) is 0 Å². The molecule has 1 N–H and O–H groups in total. The van der Waals surface area contributed by atoms with Gasteiger partial charge in [-0.2, -0.15) is 0 Å². The molecule has 1 aromatic heterocycles. The second kappa shape index (κ2) is 7.32. The first kappa shape index (κ1) is 17.4. The maximum absolute atomic E-state index is 12.7. The first-order chi connectivity index (χ1) is 13.1. The van der Waals surface area contributed by atoms with Gasteiger partial charge in [-0.15, -0.1) is 11.3 Å². The number of aromatic hydroxyl groups is 1. The molecule has 2 heterocycles. The van der Waals surface area contributed by atoms with Gasteiger partial charge in [0.15, 0.2) is 11.5 Å². The van der Waals surface area contributed by atoms with Crippen LogP contribution in [0.1, 0.15) is 15.2 Å². The second-order valence-electron chi connectivity index (χ2n) is 6.31. The molecule has 1 amide bonds. The quantitative estimate of drug-likeness (QED) is 0.737. The predicted molar refractivity (Wildman–Crippen MR) is 105 cm³/mol. The number of rotatable bonds is 4. The summed E-state index contributed by atoms with van der Waals surface area (Å²) in [5.41, 5.74) is 1.71. The van der Waals surface area contributed by atoms with E-state index >= 15 is 0 Å². The highest BCUT2D eigenvalue weighted by Gasteiger charge is 2.18. The van der Waals surface area contributed by atoms with Crippen molar-refractivity contribution in [2.45, 2.75) is 6.54 Å². The Hall–Kier alpha value is -2.99. The Balaban J connectivity index is 1.52. The molecular formula is C21H19NO4S. The van der Waals surface area contributed by atoms with Crippen LogP contribution < -0.4 is 9.47 Å². The van der Waals surface area contributed by atoms with Crippen LogP contribution in [-0.2, 0) is 6.54 Å². The number of thiophene rings is 1. The largest absolute Gasteiger partial charge is 0.508 e. The molecule has 0 bridgehead atoms. The van der Waals surface area contributed by atoms with Gasteiger partial charge in [-0.25, -0.2) is 0 Å². The molecule has 0 aliphatic carbocycles. The van der Waals surface area contributed by atoms with E-state index < -0.39 is 0 Å². The van der Waals surface area contributed by atoms with Crippen molar-refractivity contribution in [2.75, 3.05) is 20.3 Å². The lowest BCUT2D eigenvalue weighted by atomic mass is 10.1. The number of para-hydroxylation sites is 1. The zero-order valence-electron chi connectivity index (χ0n) is 14.8. The van der Waals surface area contributed by atoms with Gasteiger partial charge in [0.05, 0.1) is 4.88 Å². The molecule has 0 saturated carbocycles. The number of amides is 1. The Morgan fingerprint density at radius 1 is 1.07 bits per heavy atom. The van der Waals surface area contributed by atoms with Crippen LogP contribution >= 0.6 is 11.3 Å². The topological polar surface area (TPSA) is 59.0 Å². The summed E-state index contributed by atoms with van der Waals surface area (Å²) in [7, 11) is 1.73. The Bertz CT molecular complexity index is 982. The summed E-state index contributed by atoms with van der Waals surface area (Å²) in [6.45, 7) is 1.46. The van der Waals surface area contributed by atoms with E-state index in [0.29, 0.717) is 24.6 Å². The van der Waals surface area contributed by atoms with Crippen molar-refractivity contribution in [3.63, 3.8) is 0 Å². The molecule has 5 nitrogen and oxygen atoms in total. The third-order valence-corrected chi connectivity index (χ3v) is 5.51. The standard InChI is InChI=1S/C21H19NO4S/c1-22(13-15-4-2-3-5-16(15)23)21(24)20-9-8-19(27-20)14-6-7-17-18(12-14)26-11-10-25-17/h2-9,12,23H,10-11,13H2,1H3. The number of carbonyl (C=O) groups excluding carboxylic acids is 1. The number of phenolic OH excluding ortho intramolecular Hbond substituents is 1. The van der Waals surface area contributed by atoms with E-state index in [1.54, 1.807) is 24.1 Å². The van der Waals surface area contributed by atoms with Crippen LogP contribution in [0.2, 0.25) is 0 Å². The highest BCUT2D eigenvalue weighted by Crippen LogP contribution is 2.37. The molecule has 0 fully saturated rings.